The van der Waals surface area contributed by atoms with E-state index in [4.69, 9.17) is 4.74 Å². The van der Waals surface area contributed by atoms with Gasteiger partial charge in [0.1, 0.15) is 35.5 Å². The number of carbonyl (C=O) groups excluding carboxylic acids is 2. The van der Waals surface area contributed by atoms with Crippen LogP contribution in [0.2, 0.25) is 0 Å². The molecule has 13 nitrogen and oxygen atoms in total. The van der Waals surface area contributed by atoms with Gasteiger partial charge in [-0.3, -0.25) is 14.3 Å². The minimum Gasteiger partial charge on any atom is -0.370 e. The van der Waals surface area contributed by atoms with Crippen LogP contribution in [-0.4, -0.2) is 112 Å². The van der Waals surface area contributed by atoms with Gasteiger partial charge >= 0.3 is 36.3 Å². The van der Waals surface area contributed by atoms with Crippen LogP contribution in [0.1, 0.15) is 5.69 Å². The fraction of sp³-hybridized carbons (Fsp3) is 0.542. The molecule has 49 heavy (non-hydrogen) atoms. The Hall–Kier alpha value is -4.39. The van der Waals surface area contributed by atoms with E-state index < -0.39 is 49.4 Å². The molecule has 4 rings (SSSR count). The molecule has 3 aromatic heterocycles. The molecule has 25 heteroatoms. The first-order valence-electron chi connectivity index (χ1n) is 13.6. The summed E-state index contributed by atoms with van der Waals surface area (Å²) in [5.74, 6) is -5.87. The van der Waals surface area contributed by atoms with Crippen molar-refractivity contribution in [1.82, 2.24) is 40.3 Å². The summed E-state index contributed by atoms with van der Waals surface area (Å²) >= 11 is 0. The third-order valence-electron chi connectivity index (χ3n) is 5.93. The predicted octanol–water partition coefficient (Wildman–Crippen LogP) is 3.25. The number of rotatable bonds is 11. The Kier molecular flexibility index (Phi) is 12.7. The van der Waals surface area contributed by atoms with Crippen LogP contribution in [0.25, 0.3) is 11.0 Å². The maximum atomic E-state index is 12.7. The average Bonchev–Trinajstić information content (AvgIpc) is 3.35. The Morgan fingerprint density at radius 3 is 2.06 bits per heavy atom. The minimum atomic E-state index is -5.77. The summed E-state index contributed by atoms with van der Waals surface area (Å²) in [4.78, 5) is 38.3. The van der Waals surface area contributed by atoms with Crippen molar-refractivity contribution in [3.8, 4) is 0 Å². The second kappa shape index (κ2) is 15.9. The van der Waals surface area contributed by atoms with Crippen LogP contribution in [0.3, 0.4) is 0 Å². The molecular weight excluding hydrogens is 704 g/mol. The van der Waals surface area contributed by atoms with E-state index in [2.05, 4.69) is 41.0 Å². The molecule has 3 aromatic rings. The zero-order chi connectivity index (χ0) is 36.6. The number of Topliss-reactive ketones (excluding diaryl/α,β-unsaturated/α-hetero) is 2. The minimum absolute atomic E-state index is 0.124. The molecule has 0 aliphatic carbocycles. The molecule has 3 N–H and O–H groups in total. The zero-order valence-corrected chi connectivity index (χ0v) is 24.5. The Labute approximate surface area is 266 Å². The first-order chi connectivity index (χ1) is 22.7. The highest BCUT2D eigenvalue weighted by molar-refractivity contribution is 6.41. The van der Waals surface area contributed by atoms with E-state index >= 15 is 0 Å². The molecule has 0 bridgehead atoms. The van der Waals surface area contributed by atoms with Crippen molar-refractivity contribution in [2.45, 2.75) is 37.8 Å². The third kappa shape index (κ3) is 12.2. The fourth-order valence-electron chi connectivity index (χ4n) is 3.91. The molecule has 1 fully saturated rings. The van der Waals surface area contributed by atoms with Gasteiger partial charge in [0.25, 0.3) is 0 Å². The highest BCUT2D eigenvalue weighted by Crippen LogP contribution is 2.29. The Morgan fingerprint density at radius 2 is 1.53 bits per heavy atom. The summed E-state index contributed by atoms with van der Waals surface area (Å²) < 4.78 is 149. The zero-order valence-electron chi connectivity index (χ0n) is 24.5. The van der Waals surface area contributed by atoms with Crippen molar-refractivity contribution < 1.29 is 67.0 Å². The van der Waals surface area contributed by atoms with Gasteiger partial charge in [-0.25, -0.2) is 15.0 Å². The fourth-order valence-corrected chi connectivity index (χ4v) is 3.91. The van der Waals surface area contributed by atoms with Gasteiger partial charge in [-0.15, -0.1) is 0 Å². The summed E-state index contributed by atoms with van der Waals surface area (Å²) in [5.41, 5.74) is 0.724. The van der Waals surface area contributed by atoms with E-state index in [1.807, 2.05) is 4.90 Å². The van der Waals surface area contributed by atoms with Gasteiger partial charge < -0.3 is 25.6 Å². The molecule has 0 radical (unpaired) electrons. The SMILES string of the molecule is FC(F)(F)CNCc1nn(CCOCC(F)(F)F)c2c(Nc3ccncn3)nc(N3CCNCC3)nc12.O=C(C(=O)C(F)(F)F)C(F)(F)F. The van der Waals surface area contributed by atoms with Gasteiger partial charge in [0.2, 0.25) is 5.95 Å². The van der Waals surface area contributed by atoms with E-state index in [0.29, 0.717) is 37.9 Å². The van der Waals surface area contributed by atoms with Crippen LogP contribution in [0.5, 0.6) is 0 Å². The lowest BCUT2D eigenvalue weighted by atomic mass is 10.2. The molecule has 0 spiro atoms. The first-order valence-corrected chi connectivity index (χ1v) is 13.6. The monoisotopic (exact) mass is 728 g/mol. The number of piperazine rings is 1. The largest absolute Gasteiger partial charge is 0.458 e. The van der Waals surface area contributed by atoms with Crippen molar-refractivity contribution in [3.63, 3.8) is 0 Å². The molecule has 1 aliphatic heterocycles. The van der Waals surface area contributed by atoms with Crippen molar-refractivity contribution in [1.29, 1.82) is 0 Å². The smallest absolute Gasteiger partial charge is 0.370 e. The predicted molar refractivity (Wildman–Crippen MR) is 142 cm³/mol. The van der Waals surface area contributed by atoms with Crippen molar-refractivity contribution in [2.75, 3.05) is 56.2 Å². The maximum absolute atomic E-state index is 12.7. The number of carbonyl (C=O) groups is 2. The maximum Gasteiger partial charge on any atom is 0.458 e. The number of anilines is 3. The van der Waals surface area contributed by atoms with Gasteiger partial charge in [0.15, 0.2) is 5.82 Å². The number of fused-ring (bicyclic) bond motifs is 1. The van der Waals surface area contributed by atoms with E-state index in [0.717, 1.165) is 0 Å². The van der Waals surface area contributed by atoms with Crippen LogP contribution in [0.15, 0.2) is 18.6 Å². The lowest BCUT2D eigenvalue weighted by molar-refractivity contribution is -0.193. The summed E-state index contributed by atoms with van der Waals surface area (Å²) in [6.45, 7) is -0.882. The van der Waals surface area contributed by atoms with E-state index in [9.17, 15) is 62.3 Å². The molecular formula is C24H24F12N10O3. The topological polar surface area (TPSA) is 152 Å². The van der Waals surface area contributed by atoms with Crippen molar-refractivity contribution >= 4 is 40.2 Å². The summed E-state index contributed by atoms with van der Waals surface area (Å²) in [5, 5.41) is 12.9. The normalized spacial score (nSPS) is 14.4. The Balaban J connectivity index is 0.000000463. The molecule has 0 aromatic carbocycles. The van der Waals surface area contributed by atoms with Crippen molar-refractivity contribution in [3.05, 3.63) is 24.3 Å². The van der Waals surface area contributed by atoms with Crippen LogP contribution in [0, 0.1) is 0 Å². The molecule has 4 heterocycles. The molecule has 0 unspecified atom stereocenters. The average molecular weight is 728 g/mol. The number of hydrogen-bond acceptors (Lipinski definition) is 12. The molecule has 0 atom stereocenters. The standard InChI is InChI=1S/C20H24F6N10O.C4F6O2/c21-19(22,23)10-29-9-13-15-16(36(34-13)7-8-37-11-20(24,25)26)17(31-14-1-2-28-12-30-14)33-18(32-15)35-5-3-27-4-6-35;5-3(6,7)1(11)2(12)4(8,9)10/h1-2,12,27,29H,3-11H2,(H,28,30,31,32,33);. The van der Waals surface area contributed by atoms with Crippen molar-refractivity contribution in [2.24, 2.45) is 0 Å². The number of hydrogen-bond donors (Lipinski definition) is 3. The number of aromatic nitrogens is 6. The number of nitrogens with one attached hydrogen (secondary N) is 3. The Morgan fingerprint density at radius 1 is 0.898 bits per heavy atom. The van der Waals surface area contributed by atoms with E-state index in [1.54, 1.807) is 6.07 Å². The lowest BCUT2D eigenvalue weighted by Crippen LogP contribution is -2.44. The molecule has 0 amide bonds. The van der Waals surface area contributed by atoms with Gasteiger partial charge in [0, 0.05) is 38.9 Å². The number of nitrogens with zero attached hydrogens (tertiary/aromatic N) is 7. The molecule has 0 saturated carbocycles. The molecule has 272 valence electrons. The number of ketones is 2. The van der Waals surface area contributed by atoms with Crippen LogP contribution < -0.4 is 20.9 Å². The van der Waals surface area contributed by atoms with Gasteiger partial charge in [-0.05, 0) is 6.07 Å². The summed E-state index contributed by atoms with van der Waals surface area (Å²) in [6, 6.07) is 1.58. The second-order valence-electron chi connectivity index (χ2n) is 9.74. The van der Waals surface area contributed by atoms with Crippen LogP contribution in [-0.2, 0) is 27.4 Å². The highest BCUT2D eigenvalue weighted by atomic mass is 19.4. The van der Waals surface area contributed by atoms with Gasteiger partial charge in [0.05, 0.1) is 19.7 Å². The van der Waals surface area contributed by atoms with Gasteiger partial charge in [-0.1, -0.05) is 0 Å². The third-order valence-corrected chi connectivity index (χ3v) is 5.93. The van der Waals surface area contributed by atoms with E-state index in [1.165, 1.54) is 17.2 Å². The molecule has 1 aliphatic rings. The number of halogens is 12. The van der Waals surface area contributed by atoms with Gasteiger partial charge in [-0.2, -0.15) is 62.8 Å². The first kappa shape index (κ1) is 39.1. The van der Waals surface area contributed by atoms with Crippen LogP contribution in [0.4, 0.5) is 70.3 Å². The lowest BCUT2D eigenvalue weighted by Gasteiger charge is -2.27. The highest BCUT2D eigenvalue weighted by Gasteiger charge is 2.54. The molecule has 1 saturated heterocycles. The Bertz CT molecular complexity index is 1530. The quantitative estimate of drug-likeness (QED) is 0.151. The second-order valence-corrected chi connectivity index (χ2v) is 9.74. The van der Waals surface area contributed by atoms with E-state index in [-0.39, 0.29) is 42.2 Å². The number of ether oxygens (including phenoxy) is 1. The number of alkyl halides is 12. The summed E-state index contributed by atoms with van der Waals surface area (Å²) in [6.07, 6.45) is -17.7. The summed E-state index contributed by atoms with van der Waals surface area (Å²) in [7, 11) is 0. The van der Waals surface area contributed by atoms with Crippen LogP contribution >= 0.6 is 0 Å².